The highest BCUT2D eigenvalue weighted by atomic mass is 16.2. The number of carbonyl (C=O) groups excluding carboxylic acids is 2. The van der Waals surface area contributed by atoms with Gasteiger partial charge in [0.05, 0.1) is 11.6 Å². The maximum atomic E-state index is 12.4. The van der Waals surface area contributed by atoms with Crippen LogP contribution < -0.4 is 0 Å². The quantitative estimate of drug-likeness (QED) is 0.401. The van der Waals surface area contributed by atoms with Gasteiger partial charge in [-0.2, -0.15) is 0 Å². The summed E-state index contributed by atoms with van der Waals surface area (Å²) < 4.78 is 1.97. The average Bonchev–Trinajstić information content (AvgIpc) is 3.17. The Morgan fingerprint density at radius 3 is 2.41 bits per heavy atom. The van der Waals surface area contributed by atoms with Crippen LogP contribution in [-0.2, 0) is 11.3 Å². The molecule has 122 valence electrons. The first-order valence-corrected chi connectivity index (χ1v) is 7.66. The number of aromatic nitrogens is 1. The molecule has 0 aromatic carbocycles. The van der Waals surface area contributed by atoms with Gasteiger partial charge in [-0.1, -0.05) is 32.1 Å². The molecule has 2 heterocycles. The first kappa shape index (κ1) is 20.1. The number of fused-ring (bicyclic) bond motifs is 1. The number of allylic oxidation sites excluding steroid dienone is 4. The molecule has 22 heavy (non-hydrogen) atoms. The van der Waals surface area contributed by atoms with E-state index in [0.717, 1.165) is 32.1 Å². The highest BCUT2D eigenvalue weighted by Gasteiger charge is 2.26. The standard InChI is InChI=1S/C15H17NO2.C2H6.CH4O/c1-3-5-11(4-2)15(18)14-7-6-13-12(10-17)8-9-16(13)14;2*1-2/h3-7,10,12H,8-9H2,1-2H3;1-2H3;2H,1H3/b5-3-,11-4+;;/t12-;;/m0../s1. The van der Waals surface area contributed by atoms with Crippen molar-refractivity contribution in [1.82, 2.24) is 4.57 Å². The lowest BCUT2D eigenvalue weighted by atomic mass is 10.1. The van der Waals surface area contributed by atoms with Crippen molar-refractivity contribution < 1.29 is 14.7 Å². The largest absolute Gasteiger partial charge is 0.400 e. The van der Waals surface area contributed by atoms with Gasteiger partial charge in [-0.25, -0.2) is 0 Å². The number of hydrogen-bond acceptors (Lipinski definition) is 3. The molecule has 0 bridgehead atoms. The number of rotatable bonds is 4. The van der Waals surface area contributed by atoms with Gasteiger partial charge < -0.3 is 14.5 Å². The van der Waals surface area contributed by atoms with Gasteiger partial charge in [0.1, 0.15) is 6.29 Å². The molecule has 1 N–H and O–H groups in total. The van der Waals surface area contributed by atoms with Crippen molar-refractivity contribution in [2.24, 2.45) is 0 Å². The molecule has 1 aromatic heterocycles. The Morgan fingerprint density at radius 1 is 1.27 bits per heavy atom. The maximum absolute atomic E-state index is 12.4. The van der Waals surface area contributed by atoms with Crippen LogP contribution in [0.4, 0.5) is 0 Å². The average molecular weight is 305 g/mol. The van der Waals surface area contributed by atoms with Crippen molar-refractivity contribution >= 4 is 12.1 Å². The SMILES string of the molecule is C/C=C\C(=C/C)C(=O)c1ccc2n1CC[C@H]2C=O.CC.CO. The van der Waals surface area contributed by atoms with Gasteiger partial charge in [-0.05, 0) is 32.4 Å². The Bertz CT molecular complexity index is 539. The van der Waals surface area contributed by atoms with Gasteiger partial charge >= 0.3 is 0 Å². The smallest absolute Gasteiger partial charge is 0.209 e. The van der Waals surface area contributed by atoms with Gasteiger partial charge in [-0.3, -0.25) is 4.79 Å². The predicted octanol–water partition coefficient (Wildman–Crippen LogP) is 3.51. The van der Waals surface area contributed by atoms with E-state index in [0.29, 0.717) is 11.3 Å². The van der Waals surface area contributed by atoms with Crippen LogP contribution >= 0.6 is 0 Å². The number of aliphatic hydroxyl groups is 1. The molecule has 1 aromatic rings. The summed E-state index contributed by atoms with van der Waals surface area (Å²) in [5.74, 6) is -0.0317. The van der Waals surface area contributed by atoms with Crippen LogP contribution in [0.2, 0.25) is 0 Å². The Labute approximate surface area is 133 Å². The van der Waals surface area contributed by atoms with E-state index < -0.39 is 0 Å². The molecule has 0 unspecified atom stereocenters. The van der Waals surface area contributed by atoms with E-state index in [1.165, 1.54) is 0 Å². The van der Waals surface area contributed by atoms with Crippen LogP contribution in [0.1, 0.15) is 56.2 Å². The topological polar surface area (TPSA) is 59.3 Å². The van der Waals surface area contributed by atoms with E-state index in [9.17, 15) is 9.59 Å². The number of hydrogen-bond donors (Lipinski definition) is 1. The molecule has 1 atom stereocenters. The lowest BCUT2D eigenvalue weighted by molar-refractivity contribution is -0.109. The monoisotopic (exact) mass is 305 g/mol. The third-order valence-electron chi connectivity index (χ3n) is 3.37. The Kier molecular flexibility index (Phi) is 9.79. The van der Waals surface area contributed by atoms with Gasteiger partial charge in [0.2, 0.25) is 5.78 Å². The second-order valence-electron chi connectivity index (χ2n) is 4.40. The summed E-state index contributed by atoms with van der Waals surface area (Å²) in [6.07, 6.45) is 7.25. The number of ketones is 1. The fourth-order valence-electron chi connectivity index (χ4n) is 2.44. The number of aldehydes is 1. The minimum absolute atomic E-state index is 0.0217. The van der Waals surface area contributed by atoms with Gasteiger partial charge in [0, 0.05) is 24.9 Å². The van der Waals surface area contributed by atoms with Crippen LogP contribution in [0, 0.1) is 0 Å². The zero-order chi connectivity index (χ0) is 17.1. The molecule has 0 fully saturated rings. The first-order chi connectivity index (χ1) is 10.7. The van der Waals surface area contributed by atoms with Crippen molar-refractivity contribution in [2.75, 3.05) is 7.11 Å². The molecule has 2 rings (SSSR count). The molecule has 0 amide bonds. The first-order valence-electron chi connectivity index (χ1n) is 7.66. The van der Waals surface area contributed by atoms with Gasteiger partial charge in [0.15, 0.2) is 0 Å². The molecule has 0 aliphatic carbocycles. The minimum Gasteiger partial charge on any atom is -0.400 e. The number of Topliss-reactive ketones (excluding diaryl/α,β-unsaturated/α-hetero) is 1. The Hall–Kier alpha value is -1.94. The number of nitrogens with zero attached hydrogens (tertiary/aromatic N) is 1. The van der Waals surface area contributed by atoms with Crippen molar-refractivity contribution in [3.8, 4) is 0 Å². The lowest BCUT2D eigenvalue weighted by Crippen LogP contribution is -2.09. The fraction of sp³-hybridized carbons (Fsp3) is 0.444. The third kappa shape index (κ3) is 4.28. The summed E-state index contributed by atoms with van der Waals surface area (Å²) in [6.45, 7) is 8.50. The second kappa shape index (κ2) is 10.7. The Morgan fingerprint density at radius 2 is 1.91 bits per heavy atom. The van der Waals surface area contributed by atoms with Crippen LogP contribution in [-0.4, -0.2) is 28.9 Å². The molecule has 0 radical (unpaired) electrons. The van der Waals surface area contributed by atoms with E-state index in [2.05, 4.69) is 0 Å². The molecule has 4 nitrogen and oxygen atoms in total. The van der Waals surface area contributed by atoms with Crippen molar-refractivity contribution in [1.29, 1.82) is 0 Å². The molecule has 4 heteroatoms. The number of carbonyl (C=O) groups is 2. The summed E-state index contributed by atoms with van der Waals surface area (Å²) in [4.78, 5) is 23.3. The summed E-state index contributed by atoms with van der Waals surface area (Å²) in [7, 11) is 1.00. The molecule has 0 spiro atoms. The predicted molar refractivity (Wildman–Crippen MR) is 90.2 cm³/mol. The Balaban J connectivity index is 0.00000102. The zero-order valence-electron chi connectivity index (χ0n) is 14.2. The molecular formula is C18H27NO3. The zero-order valence-corrected chi connectivity index (χ0v) is 14.2. The van der Waals surface area contributed by atoms with E-state index in [1.54, 1.807) is 0 Å². The fourth-order valence-corrected chi connectivity index (χ4v) is 2.44. The summed E-state index contributed by atoms with van der Waals surface area (Å²) in [5.41, 5.74) is 2.33. The maximum Gasteiger partial charge on any atom is 0.209 e. The third-order valence-corrected chi connectivity index (χ3v) is 3.37. The summed E-state index contributed by atoms with van der Waals surface area (Å²) >= 11 is 0. The number of aliphatic hydroxyl groups excluding tert-OH is 1. The molecule has 0 saturated heterocycles. The van der Waals surface area contributed by atoms with Crippen LogP contribution in [0.15, 0.2) is 35.9 Å². The van der Waals surface area contributed by atoms with E-state index in [1.807, 2.05) is 62.6 Å². The van der Waals surface area contributed by atoms with Crippen molar-refractivity contribution in [3.63, 3.8) is 0 Å². The van der Waals surface area contributed by atoms with E-state index in [-0.39, 0.29) is 11.7 Å². The summed E-state index contributed by atoms with van der Waals surface area (Å²) in [6, 6.07) is 3.71. The highest BCUT2D eigenvalue weighted by Crippen LogP contribution is 2.29. The molecule has 1 aliphatic heterocycles. The second-order valence-corrected chi connectivity index (χ2v) is 4.40. The molecule has 0 saturated carbocycles. The molecule has 1 aliphatic rings. The molecular weight excluding hydrogens is 278 g/mol. The van der Waals surface area contributed by atoms with E-state index >= 15 is 0 Å². The van der Waals surface area contributed by atoms with Gasteiger partial charge in [-0.15, -0.1) is 0 Å². The van der Waals surface area contributed by atoms with E-state index in [4.69, 9.17) is 5.11 Å². The van der Waals surface area contributed by atoms with Crippen LogP contribution in [0.3, 0.4) is 0 Å². The minimum atomic E-state index is -0.0534. The highest BCUT2D eigenvalue weighted by molar-refractivity contribution is 6.09. The van der Waals surface area contributed by atoms with Crippen LogP contribution in [0.5, 0.6) is 0 Å². The van der Waals surface area contributed by atoms with Crippen molar-refractivity contribution in [2.45, 2.75) is 46.6 Å². The van der Waals surface area contributed by atoms with Crippen LogP contribution in [0.25, 0.3) is 0 Å². The summed E-state index contributed by atoms with van der Waals surface area (Å²) in [5, 5.41) is 7.00. The van der Waals surface area contributed by atoms with Crippen molar-refractivity contribution in [3.05, 3.63) is 47.3 Å². The lowest BCUT2D eigenvalue weighted by Gasteiger charge is -2.05. The normalized spacial score (nSPS) is 16.3. The van der Waals surface area contributed by atoms with Gasteiger partial charge in [0.25, 0.3) is 0 Å².